The third-order valence-electron chi connectivity index (χ3n) is 3.62. The lowest BCUT2D eigenvalue weighted by atomic mass is 10.0. The number of methoxy groups -OCH3 is 1. The molecule has 0 atom stereocenters. The topological polar surface area (TPSA) is 68.1 Å². The number of anilines is 1. The highest BCUT2D eigenvalue weighted by molar-refractivity contribution is 5.90. The summed E-state index contributed by atoms with van der Waals surface area (Å²) in [5.41, 5.74) is 10.5. The van der Waals surface area contributed by atoms with Crippen LogP contribution in [0, 0.1) is 0 Å². The Balaban J connectivity index is 2.12. The Morgan fingerprint density at radius 1 is 1.24 bits per heavy atom. The van der Waals surface area contributed by atoms with Crippen LogP contribution in [0.15, 0.2) is 42.5 Å². The lowest BCUT2D eigenvalue weighted by molar-refractivity contribution is -0.107. The van der Waals surface area contributed by atoms with E-state index >= 15 is 0 Å². The molecule has 0 radical (unpaired) electrons. The molecule has 0 aliphatic carbocycles. The lowest BCUT2D eigenvalue weighted by Gasteiger charge is -2.07. The fourth-order valence-electron chi connectivity index (χ4n) is 2.50. The third kappa shape index (κ3) is 2.36. The zero-order chi connectivity index (χ0) is 14.8. The van der Waals surface area contributed by atoms with Crippen LogP contribution in [0.5, 0.6) is 5.75 Å². The van der Waals surface area contributed by atoms with Crippen molar-refractivity contribution >= 4 is 22.9 Å². The number of benzene rings is 2. The quantitative estimate of drug-likeness (QED) is 0.569. The molecule has 0 saturated carbocycles. The summed E-state index contributed by atoms with van der Waals surface area (Å²) in [6.45, 7) is 0. The smallest absolute Gasteiger partial charge is 0.124 e. The van der Waals surface area contributed by atoms with Gasteiger partial charge in [-0.1, -0.05) is 18.2 Å². The highest BCUT2D eigenvalue weighted by atomic mass is 16.5. The summed E-state index contributed by atoms with van der Waals surface area (Å²) in [6.07, 6.45) is 1.19. The fraction of sp³-hybridized carbons (Fsp3) is 0.118. The minimum Gasteiger partial charge on any atom is -0.497 e. The average molecular weight is 280 g/mol. The molecule has 0 saturated heterocycles. The molecule has 1 heterocycles. The van der Waals surface area contributed by atoms with Gasteiger partial charge < -0.3 is 20.2 Å². The number of hydrogen-bond donors (Lipinski definition) is 2. The molecule has 1 aromatic heterocycles. The van der Waals surface area contributed by atoms with E-state index in [4.69, 9.17) is 10.5 Å². The van der Waals surface area contributed by atoms with Gasteiger partial charge in [-0.15, -0.1) is 0 Å². The summed E-state index contributed by atoms with van der Waals surface area (Å²) in [7, 11) is 1.65. The maximum atomic E-state index is 10.7. The van der Waals surface area contributed by atoms with E-state index in [0.29, 0.717) is 12.1 Å². The van der Waals surface area contributed by atoms with Gasteiger partial charge in [0.25, 0.3) is 0 Å². The molecule has 0 unspecified atom stereocenters. The number of rotatable bonds is 4. The number of nitrogens with two attached hydrogens (primary N) is 1. The molecule has 0 aliphatic rings. The molecule has 106 valence electrons. The van der Waals surface area contributed by atoms with Gasteiger partial charge in [0, 0.05) is 34.3 Å². The van der Waals surface area contributed by atoms with Crippen LogP contribution in [0.1, 0.15) is 5.56 Å². The maximum absolute atomic E-state index is 10.7. The molecule has 21 heavy (non-hydrogen) atoms. The number of H-pyrrole nitrogens is 1. The van der Waals surface area contributed by atoms with E-state index in [1.807, 2.05) is 42.5 Å². The van der Waals surface area contributed by atoms with Crippen LogP contribution in [0.25, 0.3) is 22.2 Å². The molecule has 4 heteroatoms. The van der Waals surface area contributed by atoms with E-state index < -0.39 is 0 Å². The molecular formula is C17H16N2O2. The standard InChI is InChI=1S/C17H16N2O2/c1-21-13-5-6-15-12(9-13)10-16(19-15)14-4-2-3-11(7-8-20)17(14)18/h2-6,8-10,19H,7,18H2,1H3. The van der Waals surface area contributed by atoms with Gasteiger partial charge in [-0.25, -0.2) is 0 Å². The van der Waals surface area contributed by atoms with Crippen molar-refractivity contribution in [2.75, 3.05) is 12.8 Å². The van der Waals surface area contributed by atoms with E-state index in [2.05, 4.69) is 4.98 Å². The average Bonchev–Trinajstić information content (AvgIpc) is 2.92. The molecule has 0 amide bonds. The first kappa shape index (κ1) is 13.2. The van der Waals surface area contributed by atoms with Crippen molar-refractivity contribution in [1.82, 2.24) is 4.98 Å². The van der Waals surface area contributed by atoms with Gasteiger partial charge in [0.1, 0.15) is 12.0 Å². The molecule has 3 aromatic rings. The van der Waals surface area contributed by atoms with Crippen molar-refractivity contribution in [3.05, 3.63) is 48.0 Å². The predicted molar refractivity (Wildman–Crippen MR) is 84.5 cm³/mol. The van der Waals surface area contributed by atoms with Crippen LogP contribution in [0.3, 0.4) is 0 Å². The minimum absolute atomic E-state index is 0.327. The van der Waals surface area contributed by atoms with E-state index in [1.54, 1.807) is 7.11 Å². The number of para-hydroxylation sites is 1. The second-order valence-corrected chi connectivity index (χ2v) is 4.89. The van der Waals surface area contributed by atoms with E-state index in [0.717, 1.165) is 39.8 Å². The molecule has 4 nitrogen and oxygen atoms in total. The number of aromatic amines is 1. The molecule has 0 aliphatic heterocycles. The first-order chi connectivity index (χ1) is 10.2. The summed E-state index contributed by atoms with van der Waals surface area (Å²) < 4.78 is 5.23. The maximum Gasteiger partial charge on any atom is 0.124 e. The van der Waals surface area contributed by atoms with Gasteiger partial charge in [-0.2, -0.15) is 0 Å². The molecule has 3 rings (SSSR count). The number of aromatic nitrogens is 1. The van der Waals surface area contributed by atoms with Crippen LogP contribution < -0.4 is 10.5 Å². The number of ether oxygens (including phenoxy) is 1. The van der Waals surface area contributed by atoms with Gasteiger partial charge in [-0.3, -0.25) is 0 Å². The summed E-state index contributed by atoms with van der Waals surface area (Å²) in [6, 6.07) is 13.6. The highest BCUT2D eigenvalue weighted by Gasteiger charge is 2.10. The summed E-state index contributed by atoms with van der Waals surface area (Å²) in [5, 5.41) is 1.06. The molecule has 3 N–H and O–H groups in total. The Hall–Kier alpha value is -2.75. The predicted octanol–water partition coefficient (Wildman–Crippen LogP) is 3.17. The number of carbonyl (C=O) groups is 1. The van der Waals surface area contributed by atoms with E-state index in [1.165, 1.54) is 0 Å². The van der Waals surface area contributed by atoms with Crippen LogP contribution in [0.4, 0.5) is 5.69 Å². The van der Waals surface area contributed by atoms with Crippen molar-refractivity contribution in [2.45, 2.75) is 6.42 Å². The number of hydrogen-bond acceptors (Lipinski definition) is 3. The number of nitrogen functional groups attached to an aromatic ring is 1. The Morgan fingerprint density at radius 2 is 2.10 bits per heavy atom. The van der Waals surface area contributed by atoms with Gasteiger partial charge in [0.2, 0.25) is 0 Å². The van der Waals surface area contributed by atoms with Crippen LogP contribution in [-0.2, 0) is 11.2 Å². The molecule has 2 aromatic carbocycles. The minimum atomic E-state index is 0.327. The first-order valence-corrected chi connectivity index (χ1v) is 6.71. The highest BCUT2D eigenvalue weighted by Crippen LogP contribution is 2.31. The molecule has 0 spiro atoms. The fourth-order valence-corrected chi connectivity index (χ4v) is 2.50. The van der Waals surface area contributed by atoms with Crippen molar-refractivity contribution in [2.24, 2.45) is 0 Å². The number of aldehydes is 1. The third-order valence-corrected chi connectivity index (χ3v) is 3.62. The Labute approximate surface area is 122 Å². The Morgan fingerprint density at radius 3 is 2.86 bits per heavy atom. The first-order valence-electron chi connectivity index (χ1n) is 6.71. The lowest BCUT2D eigenvalue weighted by Crippen LogP contribution is -1.98. The normalized spacial score (nSPS) is 10.7. The van der Waals surface area contributed by atoms with Gasteiger partial charge in [0.15, 0.2) is 0 Å². The van der Waals surface area contributed by atoms with Crippen LogP contribution in [-0.4, -0.2) is 18.4 Å². The van der Waals surface area contributed by atoms with E-state index in [9.17, 15) is 4.79 Å². The van der Waals surface area contributed by atoms with Crippen molar-refractivity contribution in [3.63, 3.8) is 0 Å². The zero-order valence-electron chi connectivity index (χ0n) is 11.7. The summed E-state index contributed by atoms with van der Waals surface area (Å²) in [4.78, 5) is 14.1. The summed E-state index contributed by atoms with van der Waals surface area (Å²) >= 11 is 0. The van der Waals surface area contributed by atoms with Crippen molar-refractivity contribution < 1.29 is 9.53 Å². The molecule has 0 bridgehead atoms. The number of nitrogens with one attached hydrogen (secondary N) is 1. The molecule has 0 fully saturated rings. The Bertz CT molecular complexity index is 806. The SMILES string of the molecule is COc1ccc2[nH]c(-c3cccc(CC=O)c3N)cc2c1. The van der Waals surface area contributed by atoms with Crippen molar-refractivity contribution in [1.29, 1.82) is 0 Å². The largest absolute Gasteiger partial charge is 0.497 e. The van der Waals surface area contributed by atoms with Crippen LogP contribution >= 0.6 is 0 Å². The summed E-state index contributed by atoms with van der Waals surface area (Å²) in [5.74, 6) is 0.815. The van der Waals surface area contributed by atoms with Gasteiger partial charge in [-0.05, 0) is 29.8 Å². The van der Waals surface area contributed by atoms with Crippen molar-refractivity contribution in [3.8, 4) is 17.0 Å². The zero-order valence-corrected chi connectivity index (χ0v) is 11.7. The van der Waals surface area contributed by atoms with Gasteiger partial charge in [0.05, 0.1) is 7.11 Å². The second-order valence-electron chi connectivity index (χ2n) is 4.89. The number of carbonyl (C=O) groups excluding carboxylic acids is 1. The van der Waals surface area contributed by atoms with E-state index in [-0.39, 0.29) is 0 Å². The monoisotopic (exact) mass is 280 g/mol. The Kier molecular flexibility index (Phi) is 3.36. The van der Waals surface area contributed by atoms with Gasteiger partial charge >= 0.3 is 0 Å². The molecular weight excluding hydrogens is 264 g/mol. The van der Waals surface area contributed by atoms with Crippen LogP contribution in [0.2, 0.25) is 0 Å². The second kappa shape index (κ2) is 5.32. The number of fused-ring (bicyclic) bond motifs is 1.